The van der Waals surface area contributed by atoms with E-state index in [0.717, 1.165) is 41.9 Å². The molecular weight excluding hydrogens is 374 g/mol. The molecule has 0 aliphatic carbocycles. The molecule has 0 aliphatic rings. The fourth-order valence-electron chi connectivity index (χ4n) is 4.90. The standard InChI is InChI=1S/C30H49N/c1-11-13-14-29(31-10)27-17-15-26(16-18-27)25(7)28(12-2)30(8,9)20-19-23(5)24(6)21-22(3)4/h12,14-18,22-25H,10-11,13,19-21H2,1-9H3. The van der Waals surface area contributed by atoms with Crippen LogP contribution in [0.1, 0.15) is 111 Å². The zero-order valence-corrected chi connectivity index (χ0v) is 22.0. The van der Waals surface area contributed by atoms with Crippen LogP contribution in [0.5, 0.6) is 0 Å². The van der Waals surface area contributed by atoms with Gasteiger partial charge in [-0.2, -0.15) is 0 Å². The molecule has 0 aromatic heterocycles. The normalized spacial score (nSPS) is 16.3. The van der Waals surface area contributed by atoms with Gasteiger partial charge in [-0.15, -0.1) is 0 Å². The van der Waals surface area contributed by atoms with E-state index < -0.39 is 0 Å². The predicted molar refractivity (Wildman–Crippen MR) is 142 cm³/mol. The molecule has 174 valence electrons. The Morgan fingerprint density at radius 1 is 1.03 bits per heavy atom. The van der Waals surface area contributed by atoms with E-state index in [9.17, 15) is 0 Å². The molecule has 1 heteroatoms. The summed E-state index contributed by atoms with van der Waals surface area (Å²) in [5, 5.41) is 0. The number of allylic oxidation sites excluding steroid dienone is 3. The van der Waals surface area contributed by atoms with Crippen molar-refractivity contribution < 1.29 is 0 Å². The first kappa shape index (κ1) is 27.4. The molecule has 1 aromatic rings. The van der Waals surface area contributed by atoms with E-state index in [1.165, 1.54) is 24.8 Å². The van der Waals surface area contributed by atoms with Gasteiger partial charge < -0.3 is 0 Å². The Kier molecular flexibility index (Phi) is 11.5. The first-order valence-corrected chi connectivity index (χ1v) is 12.5. The summed E-state index contributed by atoms with van der Waals surface area (Å²) in [6, 6.07) is 8.96. The maximum absolute atomic E-state index is 4.23. The zero-order valence-electron chi connectivity index (χ0n) is 22.0. The molecule has 3 unspecified atom stereocenters. The first-order valence-electron chi connectivity index (χ1n) is 12.5. The summed E-state index contributed by atoms with van der Waals surface area (Å²) in [6.07, 6.45) is 10.6. The van der Waals surface area contributed by atoms with Gasteiger partial charge in [0.2, 0.25) is 0 Å². The Morgan fingerprint density at radius 3 is 2.13 bits per heavy atom. The van der Waals surface area contributed by atoms with E-state index in [2.05, 4.69) is 110 Å². The lowest BCUT2D eigenvalue weighted by Crippen LogP contribution is -2.21. The van der Waals surface area contributed by atoms with Crippen LogP contribution in [-0.4, -0.2) is 6.72 Å². The molecule has 0 aliphatic heterocycles. The average molecular weight is 424 g/mol. The minimum absolute atomic E-state index is 0.202. The lowest BCUT2D eigenvalue weighted by Gasteiger charge is -2.34. The van der Waals surface area contributed by atoms with Gasteiger partial charge in [-0.05, 0) is 73.6 Å². The second kappa shape index (κ2) is 13.0. The van der Waals surface area contributed by atoms with E-state index in [0.29, 0.717) is 5.92 Å². The molecule has 1 nitrogen and oxygen atoms in total. The molecule has 3 atom stereocenters. The first-order chi connectivity index (χ1) is 14.6. The number of benzene rings is 1. The van der Waals surface area contributed by atoms with E-state index in [4.69, 9.17) is 0 Å². The Bertz CT molecular complexity index is 717. The third kappa shape index (κ3) is 8.43. The van der Waals surface area contributed by atoms with Gasteiger partial charge >= 0.3 is 0 Å². The Morgan fingerprint density at radius 2 is 1.65 bits per heavy atom. The molecular formula is C30H49N. The van der Waals surface area contributed by atoms with Crippen molar-refractivity contribution in [2.75, 3.05) is 0 Å². The highest BCUT2D eigenvalue weighted by Gasteiger charge is 2.28. The Balaban J connectivity index is 2.92. The monoisotopic (exact) mass is 423 g/mol. The highest BCUT2D eigenvalue weighted by Crippen LogP contribution is 2.42. The summed E-state index contributed by atoms with van der Waals surface area (Å²) in [5.41, 5.74) is 5.29. The van der Waals surface area contributed by atoms with Gasteiger partial charge in [0.15, 0.2) is 0 Å². The summed E-state index contributed by atoms with van der Waals surface area (Å²) in [7, 11) is 0. The van der Waals surface area contributed by atoms with Gasteiger partial charge in [-0.3, -0.25) is 4.99 Å². The summed E-state index contributed by atoms with van der Waals surface area (Å²) < 4.78 is 0. The summed E-state index contributed by atoms with van der Waals surface area (Å²) in [5.74, 6) is 2.77. The number of hydrogen-bond donors (Lipinski definition) is 0. The minimum atomic E-state index is 0.202. The van der Waals surface area contributed by atoms with Gasteiger partial charge in [-0.25, -0.2) is 0 Å². The van der Waals surface area contributed by atoms with Gasteiger partial charge in [0.1, 0.15) is 0 Å². The third-order valence-corrected chi connectivity index (χ3v) is 7.10. The van der Waals surface area contributed by atoms with Crippen molar-refractivity contribution in [2.24, 2.45) is 28.2 Å². The molecule has 0 heterocycles. The predicted octanol–water partition coefficient (Wildman–Crippen LogP) is 9.70. The molecule has 0 N–H and O–H groups in total. The van der Waals surface area contributed by atoms with Crippen LogP contribution in [-0.2, 0) is 0 Å². The molecule has 0 spiro atoms. The maximum atomic E-state index is 4.23. The van der Waals surface area contributed by atoms with E-state index in [-0.39, 0.29) is 5.41 Å². The SMILES string of the molecule is C=NC(=CCCC)c1ccc(C(C)C(=CC)C(C)(C)CCC(C)C(C)CC(C)C)cc1. The van der Waals surface area contributed by atoms with Crippen molar-refractivity contribution in [3.63, 3.8) is 0 Å². The van der Waals surface area contributed by atoms with Crippen LogP contribution in [0.2, 0.25) is 0 Å². The van der Waals surface area contributed by atoms with Crippen LogP contribution in [0.15, 0.2) is 47.0 Å². The number of rotatable bonds is 13. The highest BCUT2D eigenvalue weighted by molar-refractivity contribution is 5.68. The second-order valence-corrected chi connectivity index (χ2v) is 10.6. The average Bonchev–Trinajstić information content (AvgIpc) is 2.72. The van der Waals surface area contributed by atoms with Crippen molar-refractivity contribution in [2.45, 2.75) is 100 Å². The van der Waals surface area contributed by atoms with Crippen molar-refractivity contribution >= 4 is 12.4 Å². The van der Waals surface area contributed by atoms with E-state index >= 15 is 0 Å². The molecule has 0 bridgehead atoms. The lowest BCUT2D eigenvalue weighted by molar-refractivity contribution is 0.264. The van der Waals surface area contributed by atoms with E-state index in [1.54, 1.807) is 5.57 Å². The van der Waals surface area contributed by atoms with Crippen LogP contribution in [0.4, 0.5) is 0 Å². The third-order valence-electron chi connectivity index (χ3n) is 7.10. The number of unbranched alkanes of at least 4 members (excludes halogenated alkanes) is 1. The molecule has 1 rings (SSSR count). The Labute approximate surface area is 194 Å². The summed E-state index contributed by atoms with van der Waals surface area (Å²) in [4.78, 5) is 4.23. The largest absolute Gasteiger partial charge is 0.264 e. The molecule has 0 fully saturated rings. The molecule has 0 amide bonds. The van der Waals surface area contributed by atoms with Crippen LogP contribution >= 0.6 is 0 Å². The number of hydrogen-bond acceptors (Lipinski definition) is 1. The van der Waals surface area contributed by atoms with Crippen molar-refractivity contribution in [1.82, 2.24) is 0 Å². The fraction of sp³-hybridized carbons (Fsp3) is 0.633. The van der Waals surface area contributed by atoms with Crippen LogP contribution < -0.4 is 0 Å². The summed E-state index contributed by atoms with van der Waals surface area (Å²) >= 11 is 0. The zero-order chi connectivity index (χ0) is 23.6. The molecule has 0 saturated heterocycles. The van der Waals surface area contributed by atoms with Crippen molar-refractivity contribution in [1.29, 1.82) is 0 Å². The van der Waals surface area contributed by atoms with Gasteiger partial charge in [-0.1, -0.05) is 104 Å². The van der Waals surface area contributed by atoms with E-state index in [1.807, 2.05) is 0 Å². The van der Waals surface area contributed by atoms with Crippen LogP contribution in [0.3, 0.4) is 0 Å². The topological polar surface area (TPSA) is 12.4 Å². The van der Waals surface area contributed by atoms with Gasteiger partial charge in [0, 0.05) is 5.92 Å². The van der Waals surface area contributed by atoms with Gasteiger partial charge in [0.05, 0.1) is 5.70 Å². The van der Waals surface area contributed by atoms with Gasteiger partial charge in [0.25, 0.3) is 0 Å². The van der Waals surface area contributed by atoms with Crippen LogP contribution in [0.25, 0.3) is 5.70 Å². The van der Waals surface area contributed by atoms with Crippen molar-refractivity contribution in [3.05, 3.63) is 53.1 Å². The summed E-state index contributed by atoms with van der Waals surface area (Å²) in [6.45, 7) is 24.9. The smallest absolute Gasteiger partial charge is 0.0654 e. The molecule has 1 aromatic carbocycles. The minimum Gasteiger partial charge on any atom is -0.264 e. The number of aliphatic imine (C=N–C) groups is 1. The highest BCUT2D eigenvalue weighted by atomic mass is 14.7. The number of nitrogens with zero attached hydrogens (tertiary/aromatic N) is 1. The molecule has 31 heavy (non-hydrogen) atoms. The second-order valence-electron chi connectivity index (χ2n) is 10.6. The molecule has 0 radical (unpaired) electrons. The lowest BCUT2D eigenvalue weighted by atomic mass is 9.71. The maximum Gasteiger partial charge on any atom is 0.0654 e. The quantitative estimate of drug-likeness (QED) is 0.221. The van der Waals surface area contributed by atoms with Crippen LogP contribution in [0, 0.1) is 23.2 Å². The fourth-order valence-corrected chi connectivity index (χ4v) is 4.90. The Hall–Kier alpha value is -1.63. The van der Waals surface area contributed by atoms with Crippen molar-refractivity contribution in [3.8, 4) is 0 Å². The molecule has 0 saturated carbocycles.